The molecule has 1 saturated heterocycles. The van der Waals surface area contributed by atoms with Gasteiger partial charge in [-0.3, -0.25) is 4.79 Å². The smallest absolute Gasteiger partial charge is 0.192 e. The van der Waals surface area contributed by atoms with E-state index in [4.69, 9.17) is 11.6 Å². The molecule has 2 heterocycles. The Morgan fingerprint density at radius 2 is 1.59 bits per heavy atom. The molecule has 3 aliphatic rings. The quantitative estimate of drug-likeness (QED) is 0.280. The molecule has 0 bridgehead atoms. The first-order chi connectivity index (χ1) is 18.1. The number of para-hydroxylation sites is 1. The number of benzene rings is 3. The van der Waals surface area contributed by atoms with Gasteiger partial charge in [0, 0.05) is 34.7 Å². The van der Waals surface area contributed by atoms with E-state index in [9.17, 15) is 15.3 Å². The predicted octanol–water partition coefficient (Wildman–Crippen LogP) is 6.96. The number of halogens is 1. The third-order valence-electron chi connectivity index (χ3n) is 8.01. The lowest BCUT2D eigenvalue weighted by molar-refractivity contribution is 0.0896. The van der Waals surface area contributed by atoms with Gasteiger partial charge in [0.25, 0.3) is 0 Å². The maximum atomic E-state index is 14.7. The monoisotopic (exact) mass is 501 g/mol. The third kappa shape index (κ3) is 3.69. The van der Waals surface area contributed by atoms with Gasteiger partial charge >= 0.3 is 0 Å². The second-order valence-corrected chi connectivity index (χ2v) is 10.4. The van der Waals surface area contributed by atoms with Crippen LogP contribution in [0.2, 0.25) is 5.02 Å². The lowest BCUT2D eigenvalue weighted by atomic mass is 9.66. The van der Waals surface area contributed by atoms with Gasteiger partial charge in [-0.15, -0.1) is 0 Å². The maximum absolute atomic E-state index is 14.7. The number of nitrogens with zero attached hydrogens (tertiary/aromatic N) is 3. The molecule has 1 aliphatic carbocycles. The summed E-state index contributed by atoms with van der Waals surface area (Å²) in [6.45, 7) is 0.593. The fourth-order valence-corrected chi connectivity index (χ4v) is 6.42. The summed E-state index contributed by atoms with van der Waals surface area (Å²) in [5.41, 5.74) is 3.58. The van der Waals surface area contributed by atoms with E-state index in [1.54, 1.807) is 24.3 Å². The van der Waals surface area contributed by atoms with Gasteiger partial charge in [-0.1, -0.05) is 66.2 Å². The first-order valence-electron chi connectivity index (χ1n) is 12.5. The highest BCUT2D eigenvalue weighted by molar-refractivity contribution is 6.30. The SMILES string of the molecule is N#CC(C#N)=C(C1CC1)C1C(c2ccccc2)CN2c3ccccc3C=CC12C(=O)c1ccc(Cl)cc1. The van der Waals surface area contributed by atoms with Crippen LogP contribution in [0.3, 0.4) is 0 Å². The van der Waals surface area contributed by atoms with Crippen molar-refractivity contribution in [3.8, 4) is 12.1 Å². The van der Waals surface area contributed by atoms with E-state index < -0.39 is 5.54 Å². The predicted molar refractivity (Wildman–Crippen MR) is 145 cm³/mol. The molecule has 4 nitrogen and oxygen atoms in total. The largest absolute Gasteiger partial charge is 0.354 e. The van der Waals surface area contributed by atoms with Crippen molar-refractivity contribution < 1.29 is 4.79 Å². The number of rotatable bonds is 5. The number of carbonyl (C=O) groups is 1. The summed E-state index contributed by atoms with van der Waals surface area (Å²) in [7, 11) is 0. The highest BCUT2D eigenvalue weighted by Crippen LogP contribution is 2.58. The van der Waals surface area contributed by atoms with Gasteiger partial charge < -0.3 is 4.90 Å². The lowest BCUT2D eigenvalue weighted by Gasteiger charge is -2.44. The lowest BCUT2D eigenvalue weighted by Crippen LogP contribution is -2.55. The van der Waals surface area contributed by atoms with Crippen LogP contribution in [0, 0.1) is 34.5 Å². The van der Waals surface area contributed by atoms with Gasteiger partial charge in [0.1, 0.15) is 23.3 Å². The number of Topliss-reactive ketones (excluding diaryl/α,β-unsaturated/α-hetero) is 1. The van der Waals surface area contributed by atoms with Crippen LogP contribution in [0.4, 0.5) is 5.69 Å². The van der Waals surface area contributed by atoms with Crippen molar-refractivity contribution in [2.75, 3.05) is 11.4 Å². The summed E-state index contributed by atoms with van der Waals surface area (Å²) in [5, 5.41) is 20.7. The minimum Gasteiger partial charge on any atom is -0.354 e. The van der Waals surface area contributed by atoms with E-state index in [0.717, 1.165) is 35.2 Å². The molecule has 5 heteroatoms. The highest BCUT2D eigenvalue weighted by atomic mass is 35.5. The number of hydrogen-bond donors (Lipinski definition) is 0. The van der Waals surface area contributed by atoms with Crippen LogP contribution in [-0.4, -0.2) is 17.9 Å². The number of hydrogen-bond acceptors (Lipinski definition) is 4. The first kappa shape index (κ1) is 23.3. The van der Waals surface area contributed by atoms with Crippen LogP contribution in [0.5, 0.6) is 0 Å². The van der Waals surface area contributed by atoms with Crippen LogP contribution in [0.25, 0.3) is 6.08 Å². The maximum Gasteiger partial charge on any atom is 0.192 e. The van der Waals surface area contributed by atoms with Crippen LogP contribution < -0.4 is 4.90 Å². The van der Waals surface area contributed by atoms with Gasteiger partial charge in [-0.25, -0.2) is 0 Å². The number of ketones is 1. The minimum absolute atomic E-state index is 0.0493. The molecule has 3 aromatic rings. The zero-order valence-electron chi connectivity index (χ0n) is 20.1. The Hall–Kier alpha value is -4.12. The van der Waals surface area contributed by atoms with Crippen molar-refractivity contribution in [1.29, 1.82) is 10.5 Å². The number of allylic oxidation sites excluding steroid dienone is 1. The molecule has 180 valence electrons. The van der Waals surface area contributed by atoms with Crippen molar-refractivity contribution in [3.05, 3.63) is 118 Å². The van der Waals surface area contributed by atoms with Crippen molar-refractivity contribution in [1.82, 2.24) is 0 Å². The van der Waals surface area contributed by atoms with E-state index in [2.05, 4.69) is 41.3 Å². The minimum atomic E-state index is -1.08. The highest BCUT2D eigenvalue weighted by Gasteiger charge is 2.61. The Labute approximate surface area is 221 Å². The average Bonchev–Trinajstić information content (AvgIpc) is 3.72. The van der Waals surface area contributed by atoms with Crippen molar-refractivity contribution in [2.24, 2.45) is 11.8 Å². The molecule has 2 aliphatic heterocycles. The first-order valence-corrected chi connectivity index (χ1v) is 12.9. The molecule has 2 fully saturated rings. The van der Waals surface area contributed by atoms with Crippen LogP contribution in [0.15, 0.2) is 96.1 Å². The Bertz CT molecular complexity index is 1510. The topological polar surface area (TPSA) is 67.9 Å². The second kappa shape index (κ2) is 9.07. The van der Waals surface area contributed by atoms with Gasteiger partial charge in [0.05, 0.1) is 0 Å². The summed E-state index contributed by atoms with van der Waals surface area (Å²) in [5.74, 6) is -0.373. The molecule has 37 heavy (non-hydrogen) atoms. The summed E-state index contributed by atoms with van der Waals surface area (Å²) in [4.78, 5) is 17.0. The Kier molecular flexibility index (Phi) is 5.71. The van der Waals surface area contributed by atoms with E-state index in [1.165, 1.54) is 0 Å². The molecular weight excluding hydrogens is 478 g/mol. The Morgan fingerprint density at radius 3 is 2.27 bits per heavy atom. The van der Waals surface area contributed by atoms with Crippen molar-refractivity contribution >= 4 is 29.1 Å². The van der Waals surface area contributed by atoms with E-state index in [0.29, 0.717) is 17.1 Å². The molecule has 6 rings (SSSR count). The van der Waals surface area contributed by atoms with Crippen molar-refractivity contribution in [3.63, 3.8) is 0 Å². The zero-order chi connectivity index (χ0) is 25.6. The summed E-state index contributed by atoms with van der Waals surface area (Å²) >= 11 is 6.17. The van der Waals surface area contributed by atoms with E-state index in [-0.39, 0.29) is 29.1 Å². The molecule has 0 amide bonds. The molecular formula is C32H24ClN3O. The van der Waals surface area contributed by atoms with E-state index in [1.807, 2.05) is 42.5 Å². The zero-order valence-corrected chi connectivity index (χ0v) is 20.9. The molecule has 1 saturated carbocycles. The number of fused-ring (bicyclic) bond motifs is 3. The number of carbonyl (C=O) groups excluding carboxylic acids is 1. The Morgan fingerprint density at radius 1 is 0.919 bits per heavy atom. The normalized spacial score (nSPS) is 23.4. The van der Waals surface area contributed by atoms with Gasteiger partial charge in [0.2, 0.25) is 0 Å². The standard InChI is InChI=1S/C32H24ClN3O/c33-26-14-12-24(13-15-26)31(37)32-17-16-22-8-4-5-9-28(22)36(32)20-27(21-6-2-1-3-7-21)30(32)29(23-10-11-23)25(18-34)19-35/h1-9,12-17,23,27,30H,10-11,20H2. The average molecular weight is 502 g/mol. The van der Waals surface area contributed by atoms with Gasteiger partial charge in [-0.2, -0.15) is 10.5 Å². The molecule has 3 atom stereocenters. The van der Waals surface area contributed by atoms with Gasteiger partial charge in [-0.05, 0) is 71.9 Å². The summed E-state index contributed by atoms with van der Waals surface area (Å²) in [6.07, 6.45) is 5.90. The molecule has 3 unspecified atom stereocenters. The summed E-state index contributed by atoms with van der Waals surface area (Å²) < 4.78 is 0. The Balaban J connectivity index is 1.66. The van der Waals surface area contributed by atoms with E-state index >= 15 is 0 Å². The summed E-state index contributed by atoms with van der Waals surface area (Å²) in [6, 6.07) is 29.7. The fraction of sp³-hybridized carbons (Fsp3) is 0.219. The molecule has 0 aromatic heterocycles. The van der Waals surface area contributed by atoms with Crippen molar-refractivity contribution in [2.45, 2.75) is 24.3 Å². The van der Waals surface area contributed by atoms with Crippen LogP contribution >= 0.6 is 11.6 Å². The third-order valence-corrected chi connectivity index (χ3v) is 8.26. The number of anilines is 1. The molecule has 3 aromatic carbocycles. The molecule has 0 N–H and O–H groups in total. The second-order valence-electron chi connectivity index (χ2n) is 9.99. The fourth-order valence-electron chi connectivity index (χ4n) is 6.30. The van der Waals surface area contributed by atoms with Crippen LogP contribution in [-0.2, 0) is 0 Å². The van der Waals surface area contributed by atoms with Crippen LogP contribution in [0.1, 0.15) is 40.2 Å². The number of nitriles is 2. The molecule has 0 spiro atoms. The molecule has 0 radical (unpaired) electrons. The van der Waals surface area contributed by atoms with Gasteiger partial charge in [0.15, 0.2) is 5.78 Å².